The molecule has 4 N–H and O–H groups in total. The van der Waals surface area contributed by atoms with Crippen LogP contribution >= 0.6 is 35.1 Å². The summed E-state index contributed by atoms with van der Waals surface area (Å²) in [6.07, 6.45) is 0. The van der Waals surface area contributed by atoms with Gasteiger partial charge < -0.3 is 25.9 Å². The lowest BCUT2D eigenvalue weighted by Gasteiger charge is -2.53. The Morgan fingerprint density at radius 1 is 1.43 bits per heavy atom. The number of oxime groups is 1. The molecule has 2 saturated heterocycles. The van der Waals surface area contributed by atoms with Crippen LogP contribution in [-0.2, 0) is 19.2 Å². The number of carbonyl (C=O) groups is 3. The topological polar surface area (TPSA) is 216 Å². The first-order chi connectivity index (χ1) is 17.8. The Bertz CT molecular complexity index is 1400. The minimum absolute atomic E-state index is 0.00457. The molecule has 16 nitrogen and oxygen atoms in total. The van der Waals surface area contributed by atoms with E-state index in [2.05, 4.69) is 40.5 Å². The summed E-state index contributed by atoms with van der Waals surface area (Å²) in [6, 6.07) is 2.53. The normalized spacial score (nSPS) is 23.4. The summed E-state index contributed by atoms with van der Waals surface area (Å²) in [6.45, 7) is 1.90. The van der Waals surface area contributed by atoms with E-state index in [9.17, 15) is 19.5 Å². The molecular formula is C18H19N11O5S3. The zero-order chi connectivity index (χ0) is 26.2. The average Bonchev–Trinajstić information content (AvgIpc) is 3.54. The molecular weight excluding hydrogens is 546 g/mol. The Morgan fingerprint density at radius 3 is 3.00 bits per heavy atom. The number of anilines is 1. The maximum absolute atomic E-state index is 13.0. The van der Waals surface area contributed by atoms with E-state index in [1.54, 1.807) is 19.1 Å². The number of rotatable bonds is 9. The average molecular weight is 566 g/mol. The van der Waals surface area contributed by atoms with E-state index < -0.39 is 34.6 Å². The quantitative estimate of drug-likeness (QED) is 0.122. The standard InChI is InChI=1S/C18H19N11O5S3/c1-2-34-24-10(12-21-17(19)37-25-12)13(30)20-11-14(31)28-5-18(16(32)33,7-36-15(11)28)6-35-9-4-3-8-22-26-27-29(8)23-9/h3-4,11,15H,2,5-7H2,1H3,(H,20,30)(H,32,33)(H2,19,21,25)/t11?,15-,18?/m1/s1. The zero-order valence-corrected chi connectivity index (χ0v) is 21.5. The van der Waals surface area contributed by atoms with Crippen molar-refractivity contribution in [3.63, 3.8) is 0 Å². The number of nitrogens with zero attached hydrogens (tertiary/aromatic N) is 9. The van der Waals surface area contributed by atoms with Crippen LogP contribution in [0.2, 0.25) is 0 Å². The molecule has 0 radical (unpaired) electrons. The number of thioether (sulfide) groups is 2. The maximum Gasteiger partial charge on any atom is 0.313 e. The number of aromatic nitrogens is 7. The van der Waals surface area contributed by atoms with E-state index in [4.69, 9.17) is 10.6 Å². The Labute approximate surface area is 220 Å². The van der Waals surface area contributed by atoms with Crippen molar-refractivity contribution in [3.05, 3.63) is 18.0 Å². The van der Waals surface area contributed by atoms with Crippen LogP contribution in [0.1, 0.15) is 12.7 Å². The van der Waals surface area contributed by atoms with Gasteiger partial charge in [0.05, 0.1) is 0 Å². The molecule has 0 saturated carbocycles. The number of nitrogens with one attached hydrogen (secondary N) is 1. The van der Waals surface area contributed by atoms with Crippen LogP contribution in [0, 0.1) is 5.41 Å². The van der Waals surface area contributed by atoms with Crippen molar-refractivity contribution in [1.29, 1.82) is 0 Å². The Hall–Kier alpha value is -3.58. The van der Waals surface area contributed by atoms with Crippen molar-refractivity contribution in [3.8, 4) is 0 Å². The van der Waals surface area contributed by atoms with Crippen LogP contribution in [0.5, 0.6) is 0 Å². The van der Waals surface area contributed by atoms with Gasteiger partial charge in [0.1, 0.15) is 28.5 Å². The first-order valence-corrected chi connectivity index (χ1v) is 13.6. The second-order valence-electron chi connectivity index (χ2n) is 8.00. The lowest BCUT2D eigenvalue weighted by molar-refractivity contribution is -0.157. The number of carboxylic acid groups (broad SMARTS) is 1. The van der Waals surface area contributed by atoms with Gasteiger partial charge in [0.15, 0.2) is 10.8 Å². The molecule has 3 atom stereocenters. The number of nitrogen functional groups attached to an aromatic ring is 1. The summed E-state index contributed by atoms with van der Waals surface area (Å²) < 4.78 is 5.24. The predicted octanol–water partition coefficient (Wildman–Crippen LogP) is -1.04. The molecule has 2 aliphatic heterocycles. The van der Waals surface area contributed by atoms with Crippen LogP contribution in [0.25, 0.3) is 5.65 Å². The SMILES string of the molecule is CCON=C(C(=O)NC1C(=O)N2CC(CSc3ccc4nnnn4n3)(C(=O)O)CS[C@H]12)c1nsc(N)n1. The van der Waals surface area contributed by atoms with Crippen molar-refractivity contribution in [1.82, 2.24) is 44.8 Å². The number of β-lactam (4-membered cyclic amide) rings is 1. The highest BCUT2D eigenvalue weighted by Crippen LogP contribution is 2.44. The third-order valence-electron chi connectivity index (χ3n) is 5.58. The maximum atomic E-state index is 13.0. The van der Waals surface area contributed by atoms with Crippen LogP contribution in [0.3, 0.4) is 0 Å². The number of amides is 2. The number of aliphatic carboxylic acids is 1. The van der Waals surface area contributed by atoms with Gasteiger partial charge in [-0.3, -0.25) is 14.4 Å². The molecule has 2 amide bonds. The second kappa shape index (κ2) is 10.1. The molecule has 19 heteroatoms. The lowest BCUT2D eigenvalue weighted by atomic mass is 9.89. The molecule has 0 bridgehead atoms. The predicted molar refractivity (Wildman–Crippen MR) is 132 cm³/mol. The summed E-state index contributed by atoms with van der Waals surface area (Å²) in [7, 11) is 0. The number of carbonyl (C=O) groups excluding carboxylic acids is 2. The summed E-state index contributed by atoms with van der Waals surface area (Å²) in [4.78, 5) is 48.6. The molecule has 3 aromatic heterocycles. The van der Waals surface area contributed by atoms with E-state index in [0.29, 0.717) is 10.7 Å². The van der Waals surface area contributed by atoms with Crippen LogP contribution < -0.4 is 11.1 Å². The van der Waals surface area contributed by atoms with Crippen molar-refractivity contribution in [2.75, 3.05) is 30.4 Å². The fraction of sp³-hybridized carbons (Fsp3) is 0.444. The van der Waals surface area contributed by atoms with E-state index in [0.717, 1.165) is 11.5 Å². The highest BCUT2D eigenvalue weighted by molar-refractivity contribution is 8.00. The Kier molecular flexibility index (Phi) is 6.82. The van der Waals surface area contributed by atoms with Crippen molar-refractivity contribution in [2.24, 2.45) is 10.6 Å². The highest BCUT2D eigenvalue weighted by atomic mass is 32.2. The van der Waals surface area contributed by atoms with Gasteiger partial charge in [0.2, 0.25) is 17.4 Å². The van der Waals surface area contributed by atoms with Crippen LogP contribution in [0.15, 0.2) is 22.3 Å². The van der Waals surface area contributed by atoms with Crippen LogP contribution in [-0.4, -0.2) is 104 Å². The minimum atomic E-state index is -1.21. The minimum Gasteiger partial charge on any atom is -0.481 e. The largest absolute Gasteiger partial charge is 0.481 e. The van der Waals surface area contributed by atoms with Crippen molar-refractivity contribution >= 4 is 69.3 Å². The summed E-state index contributed by atoms with van der Waals surface area (Å²) in [5, 5.41) is 32.1. The van der Waals surface area contributed by atoms with E-state index >= 15 is 0 Å². The zero-order valence-electron chi connectivity index (χ0n) is 19.0. The van der Waals surface area contributed by atoms with Gasteiger partial charge in [-0.05, 0) is 29.5 Å². The Balaban J connectivity index is 1.25. The van der Waals surface area contributed by atoms with Gasteiger partial charge in [0, 0.05) is 29.6 Å². The van der Waals surface area contributed by atoms with Crippen LogP contribution in [0.4, 0.5) is 5.13 Å². The monoisotopic (exact) mass is 565 g/mol. The Morgan fingerprint density at radius 2 is 2.27 bits per heavy atom. The van der Waals surface area contributed by atoms with Gasteiger partial charge >= 0.3 is 5.97 Å². The van der Waals surface area contributed by atoms with Gasteiger partial charge in [-0.15, -0.1) is 38.4 Å². The molecule has 3 aromatic rings. The summed E-state index contributed by atoms with van der Waals surface area (Å²) >= 11 is 3.43. The fourth-order valence-electron chi connectivity index (χ4n) is 3.68. The molecule has 2 fully saturated rings. The molecule has 5 heterocycles. The molecule has 0 spiro atoms. The lowest BCUT2D eigenvalue weighted by Crippen LogP contribution is -2.74. The number of hydrogen-bond donors (Lipinski definition) is 3. The van der Waals surface area contributed by atoms with E-state index in [-0.39, 0.29) is 41.3 Å². The number of fused-ring (bicyclic) bond motifs is 2. The first kappa shape index (κ1) is 25.1. The third-order valence-corrected chi connectivity index (χ3v) is 8.92. The molecule has 0 aliphatic carbocycles. The first-order valence-electron chi connectivity index (χ1n) is 10.8. The number of hydrogen-bond acceptors (Lipinski definition) is 15. The summed E-state index contributed by atoms with van der Waals surface area (Å²) in [5.74, 6) is -1.72. The molecule has 37 heavy (non-hydrogen) atoms. The van der Waals surface area contributed by atoms with Gasteiger partial charge in [-0.1, -0.05) is 5.16 Å². The third kappa shape index (κ3) is 4.76. The van der Waals surface area contributed by atoms with Gasteiger partial charge in [-0.25, -0.2) is 0 Å². The molecule has 2 aliphatic rings. The van der Waals surface area contributed by atoms with E-state index in [1.807, 2.05) is 0 Å². The molecule has 5 rings (SSSR count). The fourth-order valence-corrected chi connectivity index (χ4v) is 6.83. The van der Waals surface area contributed by atoms with E-state index in [1.165, 1.54) is 33.1 Å². The van der Waals surface area contributed by atoms with Crippen molar-refractivity contribution < 1.29 is 24.3 Å². The smallest absolute Gasteiger partial charge is 0.313 e. The molecule has 194 valence electrons. The number of carboxylic acids is 1. The second-order valence-corrected chi connectivity index (χ2v) is 10.9. The molecule has 2 unspecified atom stereocenters. The van der Waals surface area contributed by atoms with Gasteiger partial charge in [-0.2, -0.15) is 9.36 Å². The van der Waals surface area contributed by atoms with Gasteiger partial charge in [0.25, 0.3) is 5.91 Å². The van der Waals surface area contributed by atoms with Crippen molar-refractivity contribution in [2.45, 2.75) is 23.4 Å². The number of nitrogens with two attached hydrogens (primary N) is 1. The highest BCUT2D eigenvalue weighted by Gasteiger charge is 2.57. The molecule has 0 aromatic carbocycles. The summed E-state index contributed by atoms with van der Waals surface area (Å²) in [5.41, 5.74) is 4.67. The number of tetrazole rings is 1.